The summed E-state index contributed by atoms with van der Waals surface area (Å²) in [4.78, 5) is 20.9. The number of ether oxygens (including phenoxy) is 4. The molecule has 4 atom stereocenters. The summed E-state index contributed by atoms with van der Waals surface area (Å²) < 4.78 is 41.9. The average Bonchev–Trinajstić information content (AvgIpc) is 3.61. The first kappa shape index (κ1) is 28.5. The van der Waals surface area contributed by atoms with Crippen molar-refractivity contribution in [1.29, 1.82) is 0 Å². The Labute approximate surface area is 246 Å². The first-order valence-electron chi connectivity index (χ1n) is 13.7. The van der Waals surface area contributed by atoms with E-state index in [0.29, 0.717) is 11.5 Å². The van der Waals surface area contributed by atoms with Crippen LogP contribution in [0.5, 0.6) is 11.5 Å². The van der Waals surface area contributed by atoms with Crippen LogP contribution in [0.3, 0.4) is 0 Å². The van der Waals surface area contributed by atoms with Crippen molar-refractivity contribution in [2.45, 2.75) is 30.2 Å². The Bertz CT molecular complexity index is 1710. The number of benzene rings is 3. The second-order valence-corrected chi connectivity index (χ2v) is 10.3. The van der Waals surface area contributed by atoms with Gasteiger partial charge in [0.15, 0.2) is 23.6 Å². The molecule has 1 N–H and O–H groups in total. The highest BCUT2D eigenvalue weighted by atomic mass is 19.1. The zero-order valence-electron chi connectivity index (χ0n) is 23.8. The van der Waals surface area contributed by atoms with Crippen LogP contribution in [0.15, 0.2) is 96.3 Å². The van der Waals surface area contributed by atoms with Crippen LogP contribution in [0.2, 0.25) is 0 Å². The number of rotatable bonds is 9. The van der Waals surface area contributed by atoms with E-state index in [0.717, 1.165) is 16.7 Å². The minimum Gasteiger partial charge on any atom is -0.497 e. The number of hydrogen-bond acceptors (Lipinski definition) is 8. The fraction of sp³-hybridized carbons (Fsp3) is 0.281. The lowest BCUT2D eigenvalue weighted by Gasteiger charge is -2.37. The molecular formula is C32H31FN4O6. The highest BCUT2D eigenvalue weighted by molar-refractivity contribution is 5.69. The number of aliphatic hydroxyl groups is 1. The minimum absolute atomic E-state index is 0.0806. The quantitative estimate of drug-likeness (QED) is 0.260. The zero-order chi connectivity index (χ0) is 30.1. The molecule has 0 aliphatic carbocycles. The number of aromatic nitrogens is 4. The van der Waals surface area contributed by atoms with Gasteiger partial charge in [-0.2, -0.15) is 0 Å². The molecule has 0 radical (unpaired) electrons. The maximum Gasteiger partial charge on any atom is 0.281 e. The van der Waals surface area contributed by atoms with Crippen molar-refractivity contribution in [2.75, 3.05) is 20.8 Å². The van der Waals surface area contributed by atoms with Crippen LogP contribution in [0, 0.1) is 0 Å². The van der Waals surface area contributed by atoms with E-state index in [9.17, 15) is 9.90 Å². The van der Waals surface area contributed by atoms with Gasteiger partial charge in [0.25, 0.3) is 5.56 Å². The summed E-state index contributed by atoms with van der Waals surface area (Å²) >= 11 is 0. The predicted molar refractivity (Wildman–Crippen MR) is 156 cm³/mol. The van der Waals surface area contributed by atoms with Crippen molar-refractivity contribution in [1.82, 2.24) is 19.1 Å². The Kier molecular flexibility index (Phi) is 7.70. The molecule has 222 valence electrons. The summed E-state index contributed by atoms with van der Waals surface area (Å²) in [5, 5.41) is 11.0. The Morgan fingerprint density at radius 3 is 2.05 bits per heavy atom. The summed E-state index contributed by atoms with van der Waals surface area (Å²) in [6.07, 6.45) is -3.03. The standard InChI is InChI=1S/C32H31FN4O6/c1-36-18-35-29-27(30(36)39)34-19-37(29)31-26(33)28(38)25(43-31)17-42-32(20-7-5-4-6-8-20,21-9-13-23(40-2)14-10-21)22-11-15-24(41-3)16-12-22/h4-16,18-19,25-26,28,31,38H,17H2,1-3H3/t25-,26-,28-,31-/m1/s1. The number of alkyl halides is 1. The molecule has 5 aromatic rings. The van der Waals surface area contributed by atoms with Gasteiger partial charge in [-0.05, 0) is 41.0 Å². The van der Waals surface area contributed by atoms with E-state index < -0.39 is 30.2 Å². The third kappa shape index (κ3) is 4.95. The highest BCUT2D eigenvalue weighted by Gasteiger charge is 2.48. The molecule has 3 aromatic carbocycles. The number of methoxy groups -OCH3 is 2. The normalized spacial score (nSPS) is 20.4. The topological polar surface area (TPSA) is 110 Å². The van der Waals surface area contributed by atoms with Crippen molar-refractivity contribution < 1.29 is 28.4 Å². The maximum absolute atomic E-state index is 15.6. The van der Waals surface area contributed by atoms with E-state index in [2.05, 4.69) is 9.97 Å². The van der Waals surface area contributed by atoms with Crippen LogP contribution in [0.4, 0.5) is 4.39 Å². The molecule has 43 heavy (non-hydrogen) atoms. The SMILES string of the molecule is COc1ccc(C(OC[C@H]2O[C@@H](n3cnc4c(=O)n(C)cnc43)[C@H](F)[C@@H]2O)(c2ccccc2)c2ccc(OC)cc2)cc1. The van der Waals surface area contributed by atoms with Crippen LogP contribution >= 0.6 is 0 Å². The van der Waals surface area contributed by atoms with Crippen molar-refractivity contribution in [3.8, 4) is 11.5 Å². The lowest BCUT2D eigenvalue weighted by atomic mass is 9.80. The summed E-state index contributed by atoms with van der Waals surface area (Å²) in [7, 11) is 4.75. The molecule has 1 aliphatic rings. The van der Waals surface area contributed by atoms with Crippen molar-refractivity contribution in [2.24, 2.45) is 7.05 Å². The van der Waals surface area contributed by atoms with E-state index in [-0.39, 0.29) is 23.3 Å². The molecule has 3 heterocycles. The number of aliphatic hydroxyl groups excluding tert-OH is 1. The fourth-order valence-corrected chi connectivity index (χ4v) is 5.53. The Hall–Kier alpha value is -4.58. The van der Waals surface area contributed by atoms with E-state index in [1.54, 1.807) is 21.3 Å². The first-order chi connectivity index (χ1) is 20.9. The molecule has 1 aliphatic heterocycles. The highest BCUT2D eigenvalue weighted by Crippen LogP contribution is 2.43. The molecule has 2 aromatic heterocycles. The van der Waals surface area contributed by atoms with E-state index >= 15 is 4.39 Å². The number of halogens is 1. The van der Waals surface area contributed by atoms with Crippen molar-refractivity contribution in [3.63, 3.8) is 0 Å². The van der Waals surface area contributed by atoms with Gasteiger partial charge in [0.2, 0.25) is 0 Å². The second kappa shape index (κ2) is 11.6. The average molecular weight is 587 g/mol. The molecule has 0 saturated carbocycles. The zero-order valence-corrected chi connectivity index (χ0v) is 23.8. The van der Waals surface area contributed by atoms with Gasteiger partial charge >= 0.3 is 0 Å². The van der Waals surface area contributed by atoms with Gasteiger partial charge in [-0.25, -0.2) is 14.4 Å². The smallest absolute Gasteiger partial charge is 0.281 e. The van der Waals surface area contributed by atoms with Gasteiger partial charge in [-0.1, -0.05) is 54.6 Å². The predicted octanol–water partition coefficient (Wildman–Crippen LogP) is 3.75. The Balaban J connectivity index is 1.39. The van der Waals surface area contributed by atoms with Crippen LogP contribution in [0.1, 0.15) is 22.9 Å². The molecule has 1 saturated heterocycles. The van der Waals surface area contributed by atoms with Gasteiger partial charge in [-0.15, -0.1) is 0 Å². The van der Waals surface area contributed by atoms with Gasteiger partial charge in [0.05, 0.1) is 33.5 Å². The van der Waals surface area contributed by atoms with Crippen LogP contribution in [0.25, 0.3) is 11.2 Å². The Morgan fingerprint density at radius 1 is 0.884 bits per heavy atom. The molecule has 0 bridgehead atoms. The minimum atomic E-state index is -1.83. The summed E-state index contributed by atoms with van der Waals surface area (Å²) in [6, 6.07) is 24.6. The van der Waals surface area contributed by atoms with Crippen LogP contribution in [-0.2, 0) is 22.1 Å². The van der Waals surface area contributed by atoms with E-state index in [4.69, 9.17) is 18.9 Å². The van der Waals surface area contributed by atoms with Gasteiger partial charge in [0.1, 0.15) is 29.3 Å². The van der Waals surface area contributed by atoms with E-state index in [1.165, 1.54) is 21.8 Å². The molecule has 10 nitrogen and oxygen atoms in total. The second-order valence-electron chi connectivity index (χ2n) is 10.3. The third-order valence-electron chi connectivity index (χ3n) is 7.85. The summed E-state index contributed by atoms with van der Waals surface area (Å²) in [6.45, 7) is -0.174. The summed E-state index contributed by atoms with van der Waals surface area (Å²) in [5.74, 6) is 1.35. The van der Waals surface area contributed by atoms with Crippen LogP contribution in [-0.4, -0.2) is 63.4 Å². The molecule has 0 amide bonds. The number of fused-ring (bicyclic) bond motifs is 1. The fourth-order valence-electron chi connectivity index (χ4n) is 5.53. The number of imidazole rings is 1. The maximum atomic E-state index is 15.6. The third-order valence-corrected chi connectivity index (χ3v) is 7.85. The molecule has 6 rings (SSSR count). The molecule has 0 spiro atoms. The van der Waals surface area contributed by atoms with Crippen LogP contribution < -0.4 is 15.0 Å². The largest absolute Gasteiger partial charge is 0.497 e. The number of hydrogen-bond donors (Lipinski definition) is 1. The monoisotopic (exact) mass is 586 g/mol. The van der Waals surface area contributed by atoms with Crippen molar-refractivity contribution in [3.05, 3.63) is 119 Å². The molecular weight excluding hydrogens is 555 g/mol. The summed E-state index contributed by atoms with van der Waals surface area (Å²) in [5.41, 5.74) is 1.08. The first-order valence-corrected chi connectivity index (χ1v) is 13.7. The van der Waals surface area contributed by atoms with E-state index in [1.807, 2.05) is 78.9 Å². The molecule has 1 fully saturated rings. The number of nitrogens with zero attached hydrogens (tertiary/aromatic N) is 4. The van der Waals surface area contributed by atoms with Gasteiger partial charge in [0, 0.05) is 7.05 Å². The van der Waals surface area contributed by atoms with Gasteiger partial charge in [-0.3, -0.25) is 9.36 Å². The molecule has 0 unspecified atom stereocenters. The number of aryl methyl sites for hydroxylation is 1. The van der Waals surface area contributed by atoms with Gasteiger partial charge < -0.3 is 28.6 Å². The lowest BCUT2D eigenvalue weighted by Crippen LogP contribution is -2.39. The lowest BCUT2D eigenvalue weighted by molar-refractivity contribution is -0.0935. The van der Waals surface area contributed by atoms with Crippen molar-refractivity contribution >= 4 is 11.2 Å². The molecule has 11 heteroatoms. The Morgan fingerprint density at radius 2 is 1.47 bits per heavy atom.